The second-order valence-electron chi connectivity index (χ2n) is 9.87. The van der Waals surface area contributed by atoms with Crippen molar-refractivity contribution in [3.63, 3.8) is 0 Å². The van der Waals surface area contributed by atoms with Gasteiger partial charge in [-0.25, -0.2) is 0 Å². The summed E-state index contributed by atoms with van der Waals surface area (Å²) in [7, 11) is -1.95. The normalized spacial score (nSPS) is 15.5. The topological polar surface area (TPSA) is 63.2 Å². The first-order valence-electron chi connectivity index (χ1n) is 15.1. The van der Waals surface area contributed by atoms with Gasteiger partial charge in [-0.05, 0) is 43.8 Å². The Hall–Kier alpha value is -0.313. The first-order valence-corrected chi connectivity index (χ1v) is 17.6. The zero-order valence-electron chi connectivity index (χ0n) is 24.9. The third-order valence-electron chi connectivity index (χ3n) is 7.09. The van der Waals surface area contributed by atoms with Crippen molar-refractivity contribution in [3.8, 4) is 0 Å². The number of carbonyl (C=O) groups excluding carboxylic acids is 1. The van der Waals surface area contributed by atoms with Crippen LogP contribution < -0.4 is 0 Å². The highest BCUT2D eigenvalue weighted by Gasteiger charge is 2.42. The van der Waals surface area contributed by atoms with Crippen LogP contribution in [0.2, 0.25) is 18.1 Å². The van der Waals surface area contributed by atoms with E-state index in [0.29, 0.717) is 33.0 Å². The molecule has 0 radical (unpaired) electrons. The molecule has 216 valence electrons. The van der Waals surface area contributed by atoms with Gasteiger partial charge in [-0.3, -0.25) is 0 Å². The molecule has 0 aromatic heterocycles. The predicted molar refractivity (Wildman–Crippen MR) is 152 cm³/mol. The first-order chi connectivity index (χ1) is 17.5. The molecule has 0 rings (SSSR count). The van der Waals surface area contributed by atoms with Crippen LogP contribution in [0.5, 0.6) is 0 Å². The van der Waals surface area contributed by atoms with E-state index in [1.165, 1.54) is 0 Å². The van der Waals surface area contributed by atoms with Crippen LogP contribution in [0.4, 0.5) is 0 Å². The Morgan fingerprint density at radius 1 is 0.611 bits per heavy atom. The quantitative estimate of drug-likeness (QED) is 0.0626. The van der Waals surface area contributed by atoms with Crippen molar-refractivity contribution in [1.82, 2.24) is 0 Å². The molecule has 0 fully saturated rings. The molecule has 0 spiro atoms. The van der Waals surface area contributed by atoms with E-state index in [-0.39, 0.29) is 30.8 Å². The van der Waals surface area contributed by atoms with Crippen molar-refractivity contribution in [2.75, 3.05) is 33.0 Å². The van der Waals surface area contributed by atoms with E-state index in [1.54, 1.807) is 0 Å². The van der Waals surface area contributed by atoms with Gasteiger partial charge < -0.3 is 28.2 Å². The standard InChI is InChI=1S/C29H60O6Si/c1-8-15-21-31-25-27(35-36(12-5,13-6)14-7)29(34-24-18-11-4)28(33-23-17-10-3)26(19-20-30)32-22-16-9-2/h20,26-29H,8-19,21-25H2,1-7H3/t26-,27+,28+,29-/m0/s1. The third-order valence-corrected chi connectivity index (χ3v) is 11.8. The molecule has 0 N–H and O–H groups in total. The number of ether oxygens (including phenoxy) is 4. The van der Waals surface area contributed by atoms with Gasteiger partial charge in [-0.15, -0.1) is 0 Å². The molecule has 0 amide bonds. The fourth-order valence-corrected chi connectivity index (χ4v) is 7.13. The van der Waals surface area contributed by atoms with Crippen molar-refractivity contribution in [2.45, 2.75) is 149 Å². The molecule has 4 atom stereocenters. The average Bonchev–Trinajstić information content (AvgIpc) is 2.90. The van der Waals surface area contributed by atoms with Crippen molar-refractivity contribution >= 4 is 14.6 Å². The molecule has 0 aromatic rings. The van der Waals surface area contributed by atoms with Crippen LogP contribution in [0.1, 0.15) is 106 Å². The molecule has 36 heavy (non-hydrogen) atoms. The lowest BCUT2D eigenvalue weighted by Crippen LogP contribution is -2.55. The molecule has 0 bridgehead atoms. The SMILES string of the molecule is CCCCOC[C@@H](O[Si](CC)(CC)CC)[C@H](OCCCC)[C@H](OCCCC)[C@H](CC=O)OCCCC. The fourth-order valence-electron chi connectivity index (χ4n) is 4.29. The number of hydrogen-bond donors (Lipinski definition) is 0. The Morgan fingerprint density at radius 2 is 1.06 bits per heavy atom. The average molecular weight is 533 g/mol. The van der Waals surface area contributed by atoms with Gasteiger partial charge in [0.2, 0.25) is 0 Å². The highest BCUT2D eigenvalue weighted by molar-refractivity contribution is 6.73. The molecular formula is C29H60O6Si. The van der Waals surface area contributed by atoms with Crippen LogP contribution in [-0.4, -0.2) is 72.1 Å². The first kappa shape index (κ1) is 35.7. The maximum absolute atomic E-state index is 11.7. The van der Waals surface area contributed by atoms with Gasteiger partial charge in [0, 0.05) is 32.8 Å². The predicted octanol–water partition coefficient (Wildman–Crippen LogP) is 7.34. The molecule has 0 aliphatic carbocycles. The second-order valence-corrected chi connectivity index (χ2v) is 14.6. The minimum atomic E-state index is -1.95. The van der Waals surface area contributed by atoms with Crippen molar-refractivity contribution in [3.05, 3.63) is 0 Å². The molecule has 0 saturated heterocycles. The summed E-state index contributed by atoms with van der Waals surface area (Å²) < 4.78 is 32.6. The van der Waals surface area contributed by atoms with Crippen molar-refractivity contribution in [1.29, 1.82) is 0 Å². The summed E-state index contributed by atoms with van der Waals surface area (Å²) in [5.74, 6) is 0. The Bertz CT molecular complexity index is 480. The Balaban J connectivity index is 6.24. The number of unbranched alkanes of at least 4 members (excludes halogenated alkanes) is 4. The summed E-state index contributed by atoms with van der Waals surface area (Å²) in [5.41, 5.74) is 0. The maximum Gasteiger partial charge on any atom is 0.192 e. The highest BCUT2D eigenvalue weighted by Crippen LogP contribution is 2.29. The van der Waals surface area contributed by atoms with Gasteiger partial charge in [0.05, 0.1) is 18.8 Å². The summed E-state index contributed by atoms with van der Waals surface area (Å²) in [4.78, 5) is 11.7. The number of carbonyl (C=O) groups is 1. The van der Waals surface area contributed by atoms with E-state index in [9.17, 15) is 4.79 Å². The van der Waals surface area contributed by atoms with Gasteiger partial charge in [0.15, 0.2) is 8.32 Å². The van der Waals surface area contributed by atoms with Crippen molar-refractivity contribution < 1.29 is 28.2 Å². The maximum atomic E-state index is 11.7. The monoisotopic (exact) mass is 532 g/mol. The van der Waals surface area contributed by atoms with Crippen LogP contribution >= 0.6 is 0 Å². The van der Waals surface area contributed by atoms with Crippen molar-refractivity contribution in [2.24, 2.45) is 0 Å². The van der Waals surface area contributed by atoms with E-state index in [4.69, 9.17) is 23.4 Å². The van der Waals surface area contributed by atoms with Gasteiger partial charge in [0.25, 0.3) is 0 Å². The molecule has 0 heterocycles. The van der Waals surface area contributed by atoms with Crippen LogP contribution in [0.25, 0.3) is 0 Å². The molecule has 6 nitrogen and oxygen atoms in total. The largest absolute Gasteiger partial charge is 0.409 e. The lowest BCUT2D eigenvalue weighted by Gasteiger charge is -2.41. The lowest BCUT2D eigenvalue weighted by molar-refractivity contribution is -0.176. The zero-order chi connectivity index (χ0) is 27.1. The van der Waals surface area contributed by atoms with Gasteiger partial charge in [-0.2, -0.15) is 0 Å². The van der Waals surface area contributed by atoms with Crippen LogP contribution in [0.3, 0.4) is 0 Å². The molecule has 0 saturated carbocycles. The molecule has 0 aliphatic heterocycles. The third kappa shape index (κ3) is 14.6. The van der Waals surface area contributed by atoms with E-state index >= 15 is 0 Å². The lowest BCUT2D eigenvalue weighted by atomic mass is 10.00. The molecule has 0 unspecified atom stereocenters. The Morgan fingerprint density at radius 3 is 1.50 bits per heavy atom. The molecule has 0 aliphatic rings. The van der Waals surface area contributed by atoms with E-state index in [2.05, 4.69) is 48.5 Å². The van der Waals surface area contributed by atoms with E-state index < -0.39 is 8.32 Å². The molecular weight excluding hydrogens is 472 g/mol. The highest BCUT2D eigenvalue weighted by atomic mass is 28.4. The minimum Gasteiger partial charge on any atom is -0.409 e. The summed E-state index contributed by atoms with van der Waals surface area (Å²) in [6.45, 7) is 18.4. The van der Waals surface area contributed by atoms with Gasteiger partial charge >= 0.3 is 0 Å². The summed E-state index contributed by atoms with van der Waals surface area (Å²) in [6, 6.07) is 3.16. The van der Waals surface area contributed by atoms with Gasteiger partial charge in [0.1, 0.15) is 18.5 Å². The molecule has 7 heteroatoms. The Kier molecular flexibility index (Phi) is 23.6. The van der Waals surface area contributed by atoms with E-state index in [0.717, 1.165) is 75.8 Å². The fraction of sp³-hybridized carbons (Fsp3) is 0.966. The minimum absolute atomic E-state index is 0.249. The molecule has 0 aromatic carbocycles. The van der Waals surface area contributed by atoms with Crippen LogP contribution in [0, 0.1) is 0 Å². The zero-order valence-corrected chi connectivity index (χ0v) is 25.9. The second kappa shape index (κ2) is 23.8. The smallest absolute Gasteiger partial charge is 0.192 e. The van der Waals surface area contributed by atoms with Gasteiger partial charge in [-0.1, -0.05) is 74.1 Å². The summed E-state index contributed by atoms with van der Waals surface area (Å²) in [6.07, 6.45) is 8.02. The van der Waals surface area contributed by atoms with Crippen LogP contribution in [0.15, 0.2) is 0 Å². The van der Waals surface area contributed by atoms with E-state index in [1.807, 2.05) is 0 Å². The number of hydrogen-bond acceptors (Lipinski definition) is 6. The number of aldehydes is 1. The Labute approximate surface area is 224 Å². The van der Waals surface area contributed by atoms with Crippen LogP contribution in [-0.2, 0) is 28.2 Å². The summed E-state index contributed by atoms with van der Waals surface area (Å²) >= 11 is 0. The summed E-state index contributed by atoms with van der Waals surface area (Å²) in [5, 5.41) is 0. The number of rotatable bonds is 27.